The summed E-state index contributed by atoms with van der Waals surface area (Å²) in [5.74, 6) is 0. The Labute approximate surface area is 73.0 Å². The maximum atomic E-state index is 11.7. The van der Waals surface area contributed by atoms with Gasteiger partial charge in [-0.15, -0.1) is 0 Å². The second kappa shape index (κ2) is 3.42. The molecule has 0 amide bonds. The third kappa shape index (κ3) is 1.96. The van der Waals surface area contributed by atoms with E-state index in [2.05, 4.69) is 0 Å². The van der Waals surface area contributed by atoms with Crippen LogP contribution >= 0.6 is 7.37 Å². The van der Waals surface area contributed by atoms with E-state index in [9.17, 15) is 4.57 Å². The molecule has 0 spiro atoms. The number of aryl methyl sites for hydroxylation is 1. The van der Waals surface area contributed by atoms with E-state index in [1.54, 1.807) is 6.66 Å². The molecule has 0 saturated heterocycles. The first-order valence-corrected chi connectivity index (χ1v) is 5.84. The fourth-order valence-electron chi connectivity index (χ4n) is 0.921. The van der Waals surface area contributed by atoms with Crippen LogP contribution in [0.5, 0.6) is 0 Å². The zero-order valence-electron chi connectivity index (χ0n) is 7.57. The molecule has 0 bridgehead atoms. The minimum Gasteiger partial charge on any atom is -0.329 e. The molecule has 1 aromatic rings. The summed E-state index contributed by atoms with van der Waals surface area (Å²) >= 11 is 0. The van der Waals surface area contributed by atoms with Gasteiger partial charge in [-0.2, -0.15) is 0 Å². The molecule has 0 radical (unpaired) electrons. The molecular weight excluding hydrogens is 171 g/mol. The highest BCUT2D eigenvalue weighted by Crippen LogP contribution is 2.39. The number of hydrogen-bond donors (Lipinski definition) is 0. The molecule has 2 nitrogen and oxygen atoms in total. The molecule has 1 rings (SSSR count). The molecule has 0 fully saturated rings. The van der Waals surface area contributed by atoms with E-state index in [0.29, 0.717) is 0 Å². The molecule has 0 saturated carbocycles. The van der Waals surface area contributed by atoms with Crippen LogP contribution in [0.2, 0.25) is 0 Å². The average molecular weight is 184 g/mol. The Morgan fingerprint density at radius 3 is 2.17 bits per heavy atom. The quantitative estimate of drug-likeness (QED) is 0.658. The van der Waals surface area contributed by atoms with Crippen LogP contribution in [0, 0.1) is 6.92 Å². The van der Waals surface area contributed by atoms with E-state index < -0.39 is 7.37 Å². The van der Waals surface area contributed by atoms with Crippen LogP contribution in [0.4, 0.5) is 0 Å². The third-order valence-corrected chi connectivity index (χ3v) is 3.78. The van der Waals surface area contributed by atoms with Crippen molar-refractivity contribution < 1.29 is 9.09 Å². The van der Waals surface area contributed by atoms with Gasteiger partial charge < -0.3 is 4.52 Å². The maximum absolute atomic E-state index is 11.7. The lowest BCUT2D eigenvalue weighted by Crippen LogP contribution is -2.04. The predicted molar refractivity (Wildman–Crippen MR) is 51.4 cm³/mol. The molecule has 0 aliphatic heterocycles. The zero-order valence-corrected chi connectivity index (χ0v) is 8.47. The van der Waals surface area contributed by atoms with Crippen LogP contribution in [0.3, 0.4) is 0 Å². The third-order valence-electron chi connectivity index (χ3n) is 1.85. The van der Waals surface area contributed by atoms with Crippen molar-refractivity contribution in [3.63, 3.8) is 0 Å². The van der Waals surface area contributed by atoms with Gasteiger partial charge in [-0.05, 0) is 19.1 Å². The minimum atomic E-state index is -2.55. The summed E-state index contributed by atoms with van der Waals surface area (Å²) in [5, 5.41) is 0.774. The average Bonchev–Trinajstić information content (AvgIpc) is 2.05. The summed E-state index contributed by atoms with van der Waals surface area (Å²) in [4.78, 5) is 0. The molecule has 1 unspecified atom stereocenters. The van der Waals surface area contributed by atoms with Crippen molar-refractivity contribution in [2.45, 2.75) is 6.92 Å². The van der Waals surface area contributed by atoms with Gasteiger partial charge in [0.2, 0.25) is 7.37 Å². The van der Waals surface area contributed by atoms with Gasteiger partial charge in [0.15, 0.2) is 0 Å². The summed E-state index contributed by atoms with van der Waals surface area (Å²) in [5.41, 5.74) is 1.16. The second-order valence-electron chi connectivity index (χ2n) is 2.86. The predicted octanol–water partition coefficient (Wildman–Crippen LogP) is 2.17. The van der Waals surface area contributed by atoms with Gasteiger partial charge in [-0.25, -0.2) is 0 Å². The standard InChI is InChI=1S/C9H13O2P/c1-8-4-6-9(7-5-8)12(3,10)11-2/h4-7H,1-3H3. The second-order valence-corrected chi connectivity index (χ2v) is 5.44. The molecule has 3 heteroatoms. The molecule has 0 aliphatic carbocycles. The molecule has 1 aromatic carbocycles. The number of benzene rings is 1. The SMILES string of the molecule is COP(C)(=O)c1ccc(C)cc1. The number of hydrogen-bond acceptors (Lipinski definition) is 2. The highest BCUT2D eigenvalue weighted by Gasteiger charge is 2.15. The maximum Gasteiger partial charge on any atom is 0.228 e. The summed E-state index contributed by atoms with van der Waals surface area (Å²) in [6, 6.07) is 7.56. The first kappa shape index (κ1) is 9.50. The van der Waals surface area contributed by atoms with Crippen molar-refractivity contribution in [2.75, 3.05) is 13.8 Å². The lowest BCUT2D eigenvalue weighted by Gasteiger charge is -2.10. The molecule has 66 valence electrons. The molecule has 0 heterocycles. The summed E-state index contributed by atoms with van der Waals surface area (Å²) in [7, 11) is -1.07. The molecule has 0 aromatic heterocycles. The first-order chi connectivity index (χ1) is 5.56. The number of rotatable bonds is 2. The Bertz CT molecular complexity index is 303. The van der Waals surface area contributed by atoms with Crippen LogP contribution in [0.15, 0.2) is 24.3 Å². The van der Waals surface area contributed by atoms with E-state index in [4.69, 9.17) is 4.52 Å². The van der Waals surface area contributed by atoms with Crippen molar-refractivity contribution in [1.82, 2.24) is 0 Å². The smallest absolute Gasteiger partial charge is 0.228 e. The molecular formula is C9H13O2P. The lowest BCUT2D eigenvalue weighted by atomic mass is 10.2. The topological polar surface area (TPSA) is 26.3 Å². The van der Waals surface area contributed by atoms with Gasteiger partial charge >= 0.3 is 0 Å². The van der Waals surface area contributed by atoms with Gasteiger partial charge in [-0.1, -0.05) is 17.7 Å². The highest BCUT2D eigenvalue weighted by atomic mass is 31.2. The van der Waals surface area contributed by atoms with E-state index in [-0.39, 0.29) is 0 Å². The Morgan fingerprint density at radius 2 is 1.75 bits per heavy atom. The highest BCUT2D eigenvalue weighted by molar-refractivity contribution is 7.66. The van der Waals surface area contributed by atoms with Gasteiger partial charge in [0, 0.05) is 19.1 Å². The largest absolute Gasteiger partial charge is 0.329 e. The van der Waals surface area contributed by atoms with Crippen molar-refractivity contribution in [3.05, 3.63) is 29.8 Å². The molecule has 12 heavy (non-hydrogen) atoms. The minimum absolute atomic E-state index is 0.774. The summed E-state index contributed by atoms with van der Waals surface area (Å²) < 4.78 is 16.6. The van der Waals surface area contributed by atoms with Crippen molar-refractivity contribution in [1.29, 1.82) is 0 Å². The molecule has 0 aliphatic rings. The van der Waals surface area contributed by atoms with Gasteiger partial charge in [-0.3, -0.25) is 4.57 Å². The lowest BCUT2D eigenvalue weighted by molar-refractivity contribution is 0.408. The van der Waals surface area contributed by atoms with Crippen LogP contribution in [-0.2, 0) is 9.09 Å². The van der Waals surface area contributed by atoms with Crippen molar-refractivity contribution in [3.8, 4) is 0 Å². The Hall–Kier alpha value is -0.590. The van der Waals surface area contributed by atoms with Gasteiger partial charge in [0.05, 0.1) is 0 Å². The fourth-order valence-corrected chi connectivity index (χ4v) is 1.82. The summed E-state index contributed by atoms with van der Waals surface area (Å²) in [6.45, 7) is 3.62. The Kier molecular flexibility index (Phi) is 2.71. The van der Waals surface area contributed by atoms with Crippen LogP contribution in [-0.4, -0.2) is 13.8 Å². The molecule has 1 atom stereocenters. The molecule has 0 N–H and O–H groups in total. The zero-order chi connectivity index (χ0) is 9.19. The van der Waals surface area contributed by atoms with Crippen LogP contribution < -0.4 is 5.30 Å². The van der Waals surface area contributed by atoms with Crippen LogP contribution in [0.1, 0.15) is 5.56 Å². The van der Waals surface area contributed by atoms with Gasteiger partial charge in [0.25, 0.3) is 0 Å². The Balaban J connectivity index is 3.05. The summed E-state index contributed by atoms with van der Waals surface area (Å²) in [6.07, 6.45) is 0. The first-order valence-electron chi connectivity index (χ1n) is 3.77. The van der Waals surface area contributed by atoms with E-state index >= 15 is 0 Å². The van der Waals surface area contributed by atoms with E-state index in [1.807, 2.05) is 31.2 Å². The Morgan fingerprint density at radius 1 is 1.25 bits per heavy atom. The van der Waals surface area contributed by atoms with Crippen molar-refractivity contribution in [2.24, 2.45) is 0 Å². The van der Waals surface area contributed by atoms with E-state index in [0.717, 1.165) is 10.9 Å². The van der Waals surface area contributed by atoms with Crippen LogP contribution in [0.25, 0.3) is 0 Å². The van der Waals surface area contributed by atoms with E-state index in [1.165, 1.54) is 7.11 Å². The van der Waals surface area contributed by atoms with Gasteiger partial charge in [0.1, 0.15) is 0 Å². The monoisotopic (exact) mass is 184 g/mol. The van der Waals surface area contributed by atoms with Crippen molar-refractivity contribution >= 4 is 12.7 Å². The fraction of sp³-hybridized carbons (Fsp3) is 0.333. The normalized spacial score (nSPS) is 15.6.